The number of carbonyl (C=O) groups is 1. The zero-order chi connectivity index (χ0) is 18.9. The van der Waals surface area contributed by atoms with E-state index in [4.69, 9.17) is 0 Å². The second kappa shape index (κ2) is 7.04. The number of aromatic nitrogens is 5. The van der Waals surface area contributed by atoms with Crippen molar-refractivity contribution in [2.24, 2.45) is 7.05 Å². The van der Waals surface area contributed by atoms with Gasteiger partial charge in [-0.2, -0.15) is 10.2 Å². The number of hydrogen-bond donors (Lipinski definition) is 1. The Kier molecular flexibility index (Phi) is 5.25. The number of hydrogen-bond acceptors (Lipinski definition) is 4. The van der Waals surface area contributed by atoms with Crippen LogP contribution in [-0.4, -0.2) is 35.6 Å². The van der Waals surface area contributed by atoms with Crippen LogP contribution in [0, 0.1) is 20.8 Å². The minimum Gasteiger partial charge on any atom is -0.481 e. The maximum atomic E-state index is 11.3. The van der Waals surface area contributed by atoms with Crippen molar-refractivity contribution in [2.45, 2.75) is 47.5 Å². The molecule has 0 fully saturated rings. The fourth-order valence-corrected chi connectivity index (χ4v) is 3.01. The van der Waals surface area contributed by atoms with E-state index in [2.05, 4.69) is 15.2 Å². The van der Waals surface area contributed by atoms with Crippen molar-refractivity contribution in [3.8, 4) is 5.69 Å². The summed E-state index contributed by atoms with van der Waals surface area (Å²) in [7, 11) is 1.85. The summed E-state index contributed by atoms with van der Waals surface area (Å²) in [5, 5.41) is 19.1. The van der Waals surface area contributed by atoms with Gasteiger partial charge in [0.2, 0.25) is 0 Å². The number of nitrogens with zero attached hydrogens (tertiary/aromatic N) is 5. The van der Waals surface area contributed by atoms with Crippen LogP contribution in [0.25, 0.3) is 16.7 Å². The summed E-state index contributed by atoms with van der Waals surface area (Å²) < 4.78 is 3.50. The average Bonchev–Trinajstić information content (AvgIpc) is 3.06. The van der Waals surface area contributed by atoms with Gasteiger partial charge in [-0.25, -0.2) is 9.67 Å². The Morgan fingerprint density at radius 1 is 1.16 bits per heavy atom. The van der Waals surface area contributed by atoms with Crippen molar-refractivity contribution in [3.63, 3.8) is 0 Å². The Balaban J connectivity index is 0.00000109. The zero-order valence-corrected chi connectivity index (χ0v) is 15.8. The molecular weight excluding hydrogens is 318 g/mol. The molecule has 7 heteroatoms. The minimum atomic E-state index is -0.853. The lowest BCUT2D eigenvalue weighted by Gasteiger charge is -2.10. The number of carboxylic acid groups (broad SMARTS) is 1. The summed E-state index contributed by atoms with van der Waals surface area (Å²) in [6.07, 6.45) is 1.90. The van der Waals surface area contributed by atoms with Crippen LogP contribution in [0.4, 0.5) is 0 Å². The third-order valence-electron chi connectivity index (χ3n) is 4.15. The van der Waals surface area contributed by atoms with Crippen LogP contribution in [0.5, 0.6) is 0 Å². The third kappa shape index (κ3) is 3.26. The first-order valence-corrected chi connectivity index (χ1v) is 8.40. The molecule has 0 amide bonds. The van der Waals surface area contributed by atoms with Crippen molar-refractivity contribution in [1.29, 1.82) is 0 Å². The highest BCUT2D eigenvalue weighted by molar-refractivity contribution is 5.78. The van der Waals surface area contributed by atoms with Gasteiger partial charge in [0, 0.05) is 29.9 Å². The topological polar surface area (TPSA) is 85.8 Å². The van der Waals surface area contributed by atoms with E-state index in [-0.39, 0.29) is 0 Å². The Labute approximate surface area is 147 Å². The molecule has 3 aromatic heterocycles. The van der Waals surface area contributed by atoms with Crippen LogP contribution in [0.15, 0.2) is 12.3 Å². The summed E-state index contributed by atoms with van der Waals surface area (Å²) >= 11 is 0. The largest absolute Gasteiger partial charge is 0.481 e. The molecule has 7 nitrogen and oxygen atoms in total. The summed E-state index contributed by atoms with van der Waals surface area (Å²) in [5.41, 5.74) is 4.64. The molecule has 0 aromatic carbocycles. The van der Waals surface area contributed by atoms with Crippen LogP contribution in [0.1, 0.15) is 49.3 Å². The fourth-order valence-electron chi connectivity index (χ4n) is 3.01. The van der Waals surface area contributed by atoms with E-state index in [0.717, 1.165) is 33.7 Å². The Bertz CT molecular complexity index is 923. The molecule has 3 aromatic rings. The fraction of sp³-hybridized carbons (Fsp3) is 0.444. The van der Waals surface area contributed by atoms with Gasteiger partial charge in [-0.3, -0.25) is 9.48 Å². The molecule has 0 radical (unpaired) electrons. The van der Waals surface area contributed by atoms with E-state index in [9.17, 15) is 9.90 Å². The number of fused-ring (bicyclic) bond motifs is 1. The summed E-state index contributed by atoms with van der Waals surface area (Å²) in [6, 6.07) is 1.99. The number of aliphatic carboxylic acids is 1. The molecule has 0 aliphatic heterocycles. The minimum absolute atomic E-state index is 0.598. The highest BCUT2D eigenvalue weighted by Gasteiger charge is 2.24. The van der Waals surface area contributed by atoms with Gasteiger partial charge in [-0.1, -0.05) is 13.8 Å². The lowest BCUT2D eigenvalue weighted by molar-refractivity contribution is -0.138. The second-order valence-corrected chi connectivity index (χ2v) is 5.86. The van der Waals surface area contributed by atoms with Gasteiger partial charge in [0.1, 0.15) is 0 Å². The summed E-state index contributed by atoms with van der Waals surface area (Å²) in [6.45, 7) is 11.3. The third-order valence-corrected chi connectivity index (χ3v) is 4.15. The summed E-state index contributed by atoms with van der Waals surface area (Å²) in [4.78, 5) is 15.9. The SMILES string of the molecule is CC.Cc1nc2nn(C)cc2cc1-n1nc(C)c(C(C)C(=O)O)c1C. The normalized spacial score (nSPS) is 12.0. The first kappa shape index (κ1) is 18.6. The molecule has 25 heavy (non-hydrogen) atoms. The lowest BCUT2D eigenvalue weighted by Crippen LogP contribution is -2.10. The van der Waals surface area contributed by atoms with Gasteiger partial charge in [-0.15, -0.1) is 0 Å². The Morgan fingerprint density at radius 3 is 2.40 bits per heavy atom. The molecule has 0 saturated heterocycles. The molecule has 1 unspecified atom stereocenters. The first-order valence-electron chi connectivity index (χ1n) is 8.40. The molecule has 134 valence electrons. The molecule has 0 aliphatic rings. The Morgan fingerprint density at radius 2 is 1.80 bits per heavy atom. The van der Waals surface area contributed by atoms with Crippen molar-refractivity contribution >= 4 is 17.0 Å². The van der Waals surface area contributed by atoms with Gasteiger partial charge >= 0.3 is 5.97 Å². The van der Waals surface area contributed by atoms with Crippen molar-refractivity contribution in [3.05, 3.63) is 34.9 Å². The van der Waals surface area contributed by atoms with Crippen LogP contribution in [-0.2, 0) is 11.8 Å². The van der Waals surface area contributed by atoms with Crippen LogP contribution < -0.4 is 0 Å². The van der Waals surface area contributed by atoms with E-state index in [1.807, 2.05) is 53.9 Å². The predicted octanol–water partition coefficient (Wildman–Crippen LogP) is 3.29. The monoisotopic (exact) mass is 343 g/mol. The molecule has 3 heterocycles. The zero-order valence-electron chi connectivity index (χ0n) is 15.8. The van der Waals surface area contributed by atoms with E-state index < -0.39 is 11.9 Å². The standard InChI is InChI=1S/C16H19N5O2.C2H6/c1-8(16(22)23)14-10(3)18-21(11(14)4)13-6-12-7-20(5)19-15(12)17-9(13)2;1-2/h6-8H,1-5H3,(H,22,23);1-2H3. The average molecular weight is 343 g/mol. The molecule has 1 N–H and O–H groups in total. The Hall–Kier alpha value is -2.70. The van der Waals surface area contributed by atoms with Crippen molar-refractivity contribution in [1.82, 2.24) is 24.5 Å². The second-order valence-electron chi connectivity index (χ2n) is 5.86. The number of aryl methyl sites for hydroxylation is 3. The quantitative estimate of drug-likeness (QED) is 0.788. The van der Waals surface area contributed by atoms with Crippen molar-refractivity contribution < 1.29 is 9.90 Å². The predicted molar refractivity (Wildman–Crippen MR) is 97.2 cm³/mol. The molecule has 0 bridgehead atoms. The maximum Gasteiger partial charge on any atom is 0.310 e. The smallest absolute Gasteiger partial charge is 0.310 e. The van der Waals surface area contributed by atoms with Crippen LogP contribution in [0.3, 0.4) is 0 Å². The van der Waals surface area contributed by atoms with E-state index in [1.165, 1.54) is 0 Å². The van der Waals surface area contributed by atoms with Gasteiger partial charge in [0.05, 0.1) is 23.0 Å². The summed E-state index contributed by atoms with van der Waals surface area (Å²) in [5.74, 6) is -1.45. The van der Waals surface area contributed by atoms with Crippen molar-refractivity contribution in [2.75, 3.05) is 0 Å². The number of rotatable bonds is 3. The van der Waals surface area contributed by atoms with E-state index in [0.29, 0.717) is 5.65 Å². The highest BCUT2D eigenvalue weighted by atomic mass is 16.4. The first-order chi connectivity index (χ1) is 11.8. The molecule has 0 saturated carbocycles. The maximum absolute atomic E-state index is 11.3. The number of pyridine rings is 1. The van der Waals surface area contributed by atoms with Gasteiger partial charge in [-0.05, 0) is 33.8 Å². The molecule has 1 atom stereocenters. The number of carboxylic acids is 1. The molecule has 0 spiro atoms. The van der Waals surface area contributed by atoms with E-state index >= 15 is 0 Å². The van der Waals surface area contributed by atoms with Gasteiger partial charge in [0.15, 0.2) is 5.65 Å². The van der Waals surface area contributed by atoms with Gasteiger partial charge < -0.3 is 5.11 Å². The molecule has 0 aliphatic carbocycles. The molecular formula is C18H25N5O2. The van der Waals surface area contributed by atoms with Crippen LogP contribution >= 0.6 is 0 Å². The van der Waals surface area contributed by atoms with E-state index in [1.54, 1.807) is 16.3 Å². The highest BCUT2D eigenvalue weighted by Crippen LogP contribution is 2.27. The van der Waals surface area contributed by atoms with Gasteiger partial charge in [0.25, 0.3) is 0 Å². The molecule has 3 rings (SSSR count). The van der Waals surface area contributed by atoms with Crippen LogP contribution in [0.2, 0.25) is 0 Å². The lowest BCUT2D eigenvalue weighted by atomic mass is 9.99.